The van der Waals surface area contributed by atoms with Crippen LogP contribution in [0.2, 0.25) is 0 Å². The van der Waals surface area contributed by atoms with E-state index in [0.717, 1.165) is 18.9 Å². The number of hydrogen-bond acceptors (Lipinski definition) is 6. The van der Waals surface area contributed by atoms with Gasteiger partial charge in [0, 0.05) is 12.6 Å². The van der Waals surface area contributed by atoms with E-state index in [-0.39, 0.29) is 16.3 Å². The summed E-state index contributed by atoms with van der Waals surface area (Å²) in [6, 6.07) is 2.38. The van der Waals surface area contributed by atoms with Gasteiger partial charge in [0.25, 0.3) is 5.69 Å². The van der Waals surface area contributed by atoms with E-state index >= 15 is 0 Å². The van der Waals surface area contributed by atoms with Crippen molar-refractivity contribution in [3.8, 4) is 0 Å². The molecule has 0 amide bonds. The lowest BCUT2D eigenvalue weighted by Crippen LogP contribution is -2.26. The first-order valence-electron chi connectivity index (χ1n) is 6.10. The molecule has 1 aromatic carbocycles. The van der Waals surface area contributed by atoms with Crippen molar-refractivity contribution in [1.82, 2.24) is 4.72 Å². The van der Waals surface area contributed by atoms with Gasteiger partial charge >= 0.3 is 0 Å². The molecule has 1 fully saturated rings. The predicted octanol–water partition coefficient (Wildman–Crippen LogP) is 0.877. The molecule has 20 heavy (non-hydrogen) atoms. The van der Waals surface area contributed by atoms with Gasteiger partial charge in [0.1, 0.15) is 5.69 Å². The van der Waals surface area contributed by atoms with Crippen LogP contribution in [0.15, 0.2) is 17.0 Å². The molecule has 0 saturated heterocycles. The number of hydrogen-bond donors (Lipinski definition) is 3. The molecule has 0 aromatic heterocycles. The Morgan fingerprint density at radius 2 is 2.10 bits per heavy atom. The molecule has 0 aliphatic heterocycles. The molecule has 8 nitrogen and oxygen atoms in total. The number of nitrogens with zero attached hydrogens (tertiary/aromatic N) is 1. The van der Waals surface area contributed by atoms with Crippen LogP contribution in [0.1, 0.15) is 18.4 Å². The minimum atomic E-state index is -3.75. The highest BCUT2D eigenvalue weighted by atomic mass is 32.2. The van der Waals surface area contributed by atoms with Crippen molar-refractivity contribution < 1.29 is 13.3 Å². The highest BCUT2D eigenvalue weighted by Crippen LogP contribution is 2.31. The molecule has 0 atom stereocenters. The van der Waals surface area contributed by atoms with Crippen molar-refractivity contribution >= 4 is 21.4 Å². The smallest absolute Gasteiger partial charge is 0.295 e. The summed E-state index contributed by atoms with van der Waals surface area (Å²) in [5, 5.41) is 10.9. The van der Waals surface area contributed by atoms with Gasteiger partial charge in [-0.25, -0.2) is 13.1 Å². The minimum absolute atomic E-state index is 0.0774. The van der Waals surface area contributed by atoms with Crippen molar-refractivity contribution in [3.05, 3.63) is 27.8 Å². The normalized spacial score (nSPS) is 15.1. The van der Waals surface area contributed by atoms with Crippen LogP contribution in [0.3, 0.4) is 0 Å². The number of sulfonamides is 1. The number of benzene rings is 1. The summed E-state index contributed by atoms with van der Waals surface area (Å²) in [5.74, 6) is 5.58. The molecule has 0 bridgehead atoms. The zero-order valence-corrected chi connectivity index (χ0v) is 11.7. The molecule has 0 spiro atoms. The van der Waals surface area contributed by atoms with E-state index in [1.807, 2.05) is 0 Å². The van der Waals surface area contributed by atoms with Gasteiger partial charge in [0.05, 0.1) is 9.82 Å². The van der Waals surface area contributed by atoms with Gasteiger partial charge in [0.2, 0.25) is 10.0 Å². The van der Waals surface area contributed by atoms with E-state index in [1.54, 1.807) is 6.92 Å². The van der Waals surface area contributed by atoms with Crippen molar-refractivity contribution in [2.24, 2.45) is 11.8 Å². The second-order valence-electron chi connectivity index (χ2n) is 4.83. The van der Waals surface area contributed by atoms with Gasteiger partial charge < -0.3 is 5.43 Å². The Morgan fingerprint density at radius 3 is 2.60 bits per heavy atom. The fourth-order valence-electron chi connectivity index (χ4n) is 1.86. The number of hydrazine groups is 1. The van der Waals surface area contributed by atoms with Crippen molar-refractivity contribution in [1.29, 1.82) is 0 Å². The molecule has 0 radical (unpaired) electrons. The predicted molar refractivity (Wildman–Crippen MR) is 73.6 cm³/mol. The third-order valence-corrected chi connectivity index (χ3v) is 4.76. The van der Waals surface area contributed by atoms with E-state index in [4.69, 9.17) is 5.84 Å². The molecule has 1 aromatic rings. The average Bonchev–Trinajstić information content (AvgIpc) is 3.19. The van der Waals surface area contributed by atoms with Crippen LogP contribution in [0, 0.1) is 23.0 Å². The number of nitrogens with two attached hydrogens (primary N) is 1. The van der Waals surface area contributed by atoms with Gasteiger partial charge in [-0.2, -0.15) is 0 Å². The maximum atomic E-state index is 12.2. The molecule has 1 aliphatic carbocycles. The Bertz CT molecular complexity index is 640. The molecule has 2 rings (SSSR count). The largest absolute Gasteiger partial charge is 0.318 e. The first-order valence-corrected chi connectivity index (χ1v) is 7.59. The van der Waals surface area contributed by atoms with Crippen LogP contribution in [0.25, 0.3) is 0 Å². The summed E-state index contributed by atoms with van der Waals surface area (Å²) in [7, 11) is -3.75. The van der Waals surface area contributed by atoms with Crippen LogP contribution in [-0.2, 0) is 10.0 Å². The monoisotopic (exact) mass is 300 g/mol. The van der Waals surface area contributed by atoms with E-state index in [2.05, 4.69) is 10.1 Å². The molecule has 0 heterocycles. The fraction of sp³-hybridized carbons (Fsp3) is 0.455. The zero-order valence-electron chi connectivity index (χ0n) is 10.9. The standard InChI is InChI=1S/C11H16N4O4S/c1-7-4-9(14-12)10(15(16)17)5-11(7)20(18,19)13-6-8-2-3-8/h4-5,8,13-14H,2-3,6,12H2,1H3. The molecule has 0 unspecified atom stereocenters. The molecular formula is C11H16N4O4S. The van der Waals surface area contributed by atoms with Crippen LogP contribution >= 0.6 is 0 Å². The number of nitrogen functional groups attached to an aromatic ring is 1. The quantitative estimate of drug-likeness (QED) is 0.406. The van der Waals surface area contributed by atoms with Gasteiger partial charge in [-0.3, -0.25) is 16.0 Å². The molecule has 4 N–H and O–H groups in total. The van der Waals surface area contributed by atoms with Gasteiger partial charge in [-0.1, -0.05) is 0 Å². The zero-order chi connectivity index (χ0) is 14.9. The average molecular weight is 300 g/mol. The van der Waals surface area contributed by atoms with Crippen molar-refractivity contribution in [2.75, 3.05) is 12.0 Å². The van der Waals surface area contributed by atoms with Crippen LogP contribution in [0.4, 0.5) is 11.4 Å². The molecule has 110 valence electrons. The maximum Gasteiger partial charge on any atom is 0.295 e. The van der Waals surface area contributed by atoms with E-state index in [9.17, 15) is 18.5 Å². The highest BCUT2D eigenvalue weighted by molar-refractivity contribution is 7.89. The summed E-state index contributed by atoms with van der Waals surface area (Å²) < 4.78 is 26.8. The number of nitro benzene ring substituents is 1. The third kappa shape index (κ3) is 3.06. The number of anilines is 1. The van der Waals surface area contributed by atoms with Crippen LogP contribution in [-0.4, -0.2) is 19.9 Å². The number of nitrogens with one attached hydrogen (secondary N) is 2. The SMILES string of the molecule is Cc1cc(NN)c([N+](=O)[O-])cc1S(=O)(=O)NCC1CC1. The lowest BCUT2D eigenvalue weighted by molar-refractivity contribution is -0.384. The summed E-state index contributed by atoms with van der Waals surface area (Å²) >= 11 is 0. The van der Waals surface area contributed by atoms with E-state index < -0.39 is 14.9 Å². The first kappa shape index (κ1) is 14.7. The number of rotatable bonds is 6. The highest BCUT2D eigenvalue weighted by Gasteiger charge is 2.27. The Kier molecular flexibility index (Phi) is 3.93. The van der Waals surface area contributed by atoms with E-state index in [1.165, 1.54) is 6.07 Å². The van der Waals surface area contributed by atoms with Crippen molar-refractivity contribution in [2.45, 2.75) is 24.7 Å². The third-order valence-electron chi connectivity index (χ3n) is 3.19. The van der Waals surface area contributed by atoms with Gasteiger partial charge in [-0.05, 0) is 37.3 Å². The Balaban J connectivity index is 2.39. The first-order chi connectivity index (χ1) is 9.35. The second-order valence-corrected chi connectivity index (χ2v) is 6.57. The Hall–Kier alpha value is -1.71. The molecule has 1 saturated carbocycles. The second kappa shape index (κ2) is 5.35. The Labute approximate surface area is 116 Å². The van der Waals surface area contributed by atoms with E-state index in [0.29, 0.717) is 18.0 Å². The fourth-order valence-corrected chi connectivity index (χ4v) is 3.22. The summed E-state index contributed by atoms with van der Waals surface area (Å²) in [6.45, 7) is 1.93. The number of nitro groups is 1. The minimum Gasteiger partial charge on any atom is -0.318 e. The number of aryl methyl sites for hydroxylation is 1. The molecule has 9 heteroatoms. The van der Waals surface area contributed by atoms with Crippen molar-refractivity contribution in [3.63, 3.8) is 0 Å². The maximum absolute atomic E-state index is 12.2. The molecular weight excluding hydrogens is 284 g/mol. The summed E-state index contributed by atoms with van der Waals surface area (Å²) in [5.41, 5.74) is 2.30. The Morgan fingerprint density at radius 1 is 1.45 bits per heavy atom. The lowest BCUT2D eigenvalue weighted by atomic mass is 10.2. The lowest BCUT2D eigenvalue weighted by Gasteiger charge is -2.11. The summed E-state index contributed by atoms with van der Waals surface area (Å²) in [6.07, 6.45) is 2.02. The van der Waals surface area contributed by atoms with Crippen LogP contribution in [0.5, 0.6) is 0 Å². The van der Waals surface area contributed by atoms with Gasteiger partial charge in [0.15, 0.2) is 0 Å². The van der Waals surface area contributed by atoms with Crippen LogP contribution < -0.4 is 16.0 Å². The summed E-state index contributed by atoms with van der Waals surface area (Å²) in [4.78, 5) is 10.2. The van der Waals surface area contributed by atoms with Gasteiger partial charge in [-0.15, -0.1) is 0 Å². The molecule has 1 aliphatic rings. The topological polar surface area (TPSA) is 127 Å².